The number of rotatable bonds is 11. The molecule has 16 nitrogen and oxygen atoms in total. The maximum atomic E-state index is 15.2. The molecule has 2 aliphatic heterocycles. The number of allylic oxidation sites excluding steroid dienone is 1. The zero-order valence-corrected chi connectivity index (χ0v) is 39.4. The van der Waals surface area contributed by atoms with Gasteiger partial charge in [-0.3, -0.25) is 19.1 Å². The van der Waals surface area contributed by atoms with Crippen molar-refractivity contribution >= 4 is 44.6 Å². The number of nitrogens with zero attached hydrogens (tertiary/aromatic N) is 3. The standard InChI is InChI=1S/C49H62N6O10S/c1-27(2)63-41-14-11-30(25-50-41)39-22-33-21-35(62-6)12-13-38(33)44(51-39)64-37-23-40-43(56)53-49(46(58)54-66(60,61)48(5)15-16-48)24-34(49)10-8-7-9-28(3)17-29(4)42(45(57)55(40)26-37)52-47(59)65-36-19-31-18-32(31)20-36/h8,10-14,21-22,25,27-29,31-32,34,36-37,40,42H,7,9,15-20,23-24,26H2,1-6H3,(H,52,59)(H,53,56)(H,54,58)/b10-8-/t28-,29-,31-,32+,34?,36+,37-,40+,42+,49-/m1/s1. The Labute approximate surface area is 386 Å². The fourth-order valence-corrected chi connectivity index (χ4v) is 11.5. The number of ether oxygens (including phenoxy) is 4. The molecule has 3 N–H and O–H groups in total. The van der Waals surface area contributed by atoms with Crippen LogP contribution in [0.3, 0.4) is 0 Å². The Hall–Kier alpha value is -5.45. The van der Waals surface area contributed by atoms with Crippen LogP contribution >= 0.6 is 0 Å². The first-order valence-electron chi connectivity index (χ1n) is 23.6. The van der Waals surface area contributed by atoms with Gasteiger partial charge in [-0.1, -0.05) is 26.0 Å². The summed E-state index contributed by atoms with van der Waals surface area (Å²) in [7, 11) is -2.45. The molecule has 1 saturated heterocycles. The van der Waals surface area contributed by atoms with Crippen molar-refractivity contribution < 1.29 is 46.5 Å². The zero-order valence-electron chi connectivity index (χ0n) is 38.6. The van der Waals surface area contributed by atoms with Gasteiger partial charge in [0.2, 0.25) is 33.6 Å². The summed E-state index contributed by atoms with van der Waals surface area (Å²) in [5.74, 6) is -0.0862. The van der Waals surface area contributed by atoms with Gasteiger partial charge >= 0.3 is 6.09 Å². The highest BCUT2D eigenvalue weighted by Gasteiger charge is 2.63. The molecule has 4 amide bonds. The van der Waals surface area contributed by atoms with E-state index in [-0.39, 0.29) is 49.3 Å². The van der Waals surface area contributed by atoms with Gasteiger partial charge in [-0.15, -0.1) is 0 Å². The fourth-order valence-electron chi connectivity index (χ4n) is 10.2. The Kier molecular flexibility index (Phi) is 12.2. The van der Waals surface area contributed by atoms with Crippen molar-refractivity contribution in [3.8, 4) is 28.8 Å². The predicted molar refractivity (Wildman–Crippen MR) is 245 cm³/mol. The lowest BCUT2D eigenvalue weighted by atomic mass is 9.88. The molecule has 1 unspecified atom stereocenters. The average Bonchev–Trinajstić information content (AvgIpc) is 4.23. The Bertz CT molecular complexity index is 2520. The van der Waals surface area contributed by atoms with E-state index in [1.165, 1.54) is 4.90 Å². The molecule has 17 heteroatoms. The van der Waals surface area contributed by atoms with E-state index in [9.17, 15) is 22.8 Å². The minimum absolute atomic E-state index is 0.00526. The van der Waals surface area contributed by atoms with Gasteiger partial charge in [0.15, 0.2) is 0 Å². The van der Waals surface area contributed by atoms with Crippen molar-refractivity contribution in [1.82, 2.24) is 30.2 Å². The predicted octanol–water partition coefficient (Wildman–Crippen LogP) is 6.22. The molecule has 354 valence electrons. The lowest BCUT2D eigenvalue weighted by Gasteiger charge is -2.33. The maximum absolute atomic E-state index is 15.2. The van der Waals surface area contributed by atoms with E-state index in [1.54, 1.807) is 32.4 Å². The number of aromatic nitrogens is 2. The van der Waals surface area contributed by atoms with E-state index < -0.39 is 68.2 Å². The first-order valence-corrected chi connectivity index (χ1v) is 25.0. The van der Waals surface area contributed by atoms with Crippen LogP contribution in [0.5, 0.6) is 17.5 Å². The summed E-state index contributed by atoms with van der Waals surface area (Å²) in [6.07, 6.45) is 9.68. The molecule has 10 atom stereocenters. The van der Waals surface area contributed by atoms with E-state index >= 15 is 4.79 Å². The van der Waals surface area contributed by atoms with Crippen molar-refractivity contribution in [2.45, 2.75) is 140 Å². The third-order valence-electron chi connectivity index (χ3n) is 14.7. The van der Waals surface area contributed by atoms with Crippen molar-refractivity contribution in [3.05, 3.63) is 54.7 Å². The van der Waals surface area contributed by atoms with Crippen molar-refractivity contribution in [1.29, 1.82) is 0 Å². The highest BCUT2D eigenvalue weighted by atomic mass is 32.2. The van der Waals surface area contributed by atoms with E-state index in [1.807, 2.05) is 57.2 Å². The topological polar surface area (TPSA) is 204 Å². The minimum atomic E-state index is -4.03. The summed E-state index contributed by atoms with van der Waals surface area (Å²) in [6, 6.07) is 8.82. The summed E-state index contributed by atoms with van der Waals surface area (Å²) in [5.41, 5.74) is -0.309. The Morgan fingerprint density at radius 1 is 0.985 bits per heavy atom. The number of nitrogens with one attached hydrogen (secondary N) is 3. The van der Waals surface area contributed by atoms with Crippen LogP contribution in [0.1, 0.15) is 98.8 Å². The number of pyridine rings is 2. The Balaban J connectivity index is 1.05. The molecular formula is C49H62N6O10S. The van der Waals surface area contributed by atoms with Gasteiger partial charge in [-0.05, 0) is 138 Å². The van der Waals surface area contributed by atoms with Gasteiger partial charge in [0.1, 0.15) is 35.6 Å². The quantitative estimate of drug-likeness (QED) is 0.184. The second kappa shape index (κ2) is 17.6. The minimum Gasteiger partial charge on any atom is -0.497 e. The molecule has 0 spiro atoms. The van der Waals surface area contributed by atoms with E-state index in [2.05, 4.69) is 27.3 Å². The molecule has 6 aliphatic rings. The first-order chi connectivity index (χ1) is 31.4. The highest BCUT2D eigenvalue weighted by molar-refractivity contribution is 7.91. The molecule has 4 saturated carbocycles. The van der Waals surface area contributed by atoms with Gasteiger partial charge in [0.05, 0.1) is 30.2 Å². The number of methoxy groups -OCH3 is 1. The number of carbonyl (C=O) groups excluding carboxylic acids is 4. The molecule has 1 aromatic carbocycles. The van der Waals surface area contributed by atoms with Crippen molar-refractivity contribution in [2.24, 2.45) is 29.6 Å². The molecule has 2 aromatic heterocycles. The molecule has 4 aliphatic carbocycles. The van der Waals surface area contributed by atoms with Gasteiger partial charge in [0.25, 0.3) is 5.91 Å². The summed E-state index contributed by atoms with van der Waals surface area (Å²) < 4.78 is 52.0. The summed E-state index contributed by atoms with van der Waals surface area (Å²) >= 11 is 0. The third kappa shape index (κ3) is 9.41. The van der Waals surface area contributed by atoms with E-state index in [0.29, 0.717) is 65.8 Å². The number of hydrogen-bond acceptors (Lipinski definition) is 12. The molecule has 9 rings (SSSR count). The second-order valence-corrected chi connectivity index (χ2v) is 22.5. The van der Waals surface area contributed by atoms with Crippen molar-refractivity contribution in [2.75, 3.05) is 13.7 Å². The second-order valence-electron chi connectivity index (χ2n) is 20.3. The van der Waals surface area contributed by atoms with Crippen molar-refractivity contribution in [3.63, 3.8) is 0 Å². The summed E-state index contributed by atoms with van der Waals surface area (Å²) in [5, 5.41) is 7.31. The Morgan fingerprint density at radius 3 is 2.45 bits per heavy atom. The number of fused-ring (bicyclic) bond motifs is 4. The maximum Gasteiger partial charge on any atom is 0.408 e. The number of amides is 4. The average molecular weight is 927 g/mol. The normalized spacial score (nSPS) is 31.8. The molecular weight excluding hydrogens is 865 g/mol. The SMILES string of the molecule is COc1ccc2c(O[C@@H]3C[C@H]4C(=O)N[C@]5(C(=O)NS(=O)(=O)C6(C)CC6)CC5/C=C\CC[C@@H](C)C[C@@H](C)[C@H](NC(=O)O[C@@H]5C[C@@H]6C[C@@H]6C5)C(=O)N4C3)nc(-c3ccc(OC(C)C)nc3)cc2c1. The fraction of sp³-hybridized carbons (Fsp3) is 0.592. The number of carbonyl (C=O) groups is 4. The van der Waals surface area contributed by atoms with Crippen LogP contribution in [0.25, 0.3) is 22.0 Å². The van der Waals surface area contributed by atoms with Gasteiger partial charge in [0, 0.05) is 35.6 Å². The van der Waals surface area contributed by atoms with E-state index in [0.717, 1.165) is 31.1 Å². The summed E-state index contributed by atoms with van der Waals surface area (Å²) in [6.45, 7) is 9.42. The number of sulfonamides is 1. The molecule has 0 bridgehead atoms. The van der Waals surface area contributed by atoms with E-state index in [4.69, 9.17) is 23.9 Å². The molecule has 3 aromatic rings. The number of alkyl carbamates (subject to hydrolysis) is 1. The monoisotopic (exact) mass is 926 g/mol. The molecule has 4 heterocycles. The van der Waals surface area contributed by atoms with Crippen LogP contribution in [0.15, 0.2) is 54.7 Å². The third-order valence-corrected chi connectivity index (χ3v) is 16.8. The largest absolute Gasteiger partial charge is 0.497 e. The van der Waals surface area contributed by atoms with Crippen LogP contribution in [-0.4, -0.2) is 101 Å². The van der Waals surface area contributed by atoms with Crippen LogP contribution in [0.4, 0.5) is 4.79 Å². The summed E-state index contributed by atoms with van der Waals surface area (Å²) in [4.78, 5) is 68.7. The Morgan fingerprint density at radius 2 is 1.76 bits per heavy atom. The van der Waals surface area contributed by atoms with Gasteiger partial charge in [-0.2, -0.15) is 0 Å². The van der Waals surface area contributed by atoms with Crippen LogP contribution in [0.2, 0.25) is 0 Å². The first kappa shape index (κ1) is 45.7. The highest BCUT2D eigenvalue weighted by Crippen LogP contribution is 2.53. The van der Waals surface area contributed by atoms with Gasteiger partial charge < -0.3 is 34.5 Å². The number of hydrogen-bond donors (Lipinski definition) is 3. The molecule has 66 heavy (non-hydrogen) atoms. The molecule has 5 fully saturated rings. The van der Waals surface area contributed by atoms with Crippen LogP contribution in [0, 0.1) is 29.6 Å². The molecule has 0 radical (unpaired) electrons. The number of benzene rings is 1. The van der Waals surface area contributed by atoms with Crippen LogP contribution < -0.4 is 29.6 Å². The van der Waals surface area contributed by atoms with Crippen LogP contribution in [-0.2, 0) is 29.1 Å². The lowest BCUT2D eigenvalue weighted by Crippen LogP contribution is -2.59. The zero-order chi connectivity index (χ0) is 46.7. The van der Waals surface area contributed by atoms with Gasteiger partial charge in [-0.25, -0.2) is 23.2 Å². The lowest BCUT2D eigenvalue weighted by molar-refractivity contribution is -0.142. The smallest absolute Gasteiger partial charge is 0.408 e.